The van der Waals surface area contributed by atoms with Crippen LogP contribution < -0.4 is 5.32 Å². The van der Waals surface area contributed by atoms with Gasteiger partial charge in [0.25, 0.3) is 0 Å². The van der Waals surface area contributed by atoms with Gasteiger partial charge in [-0.3, -0.25) is 4.79 Å². The van der Waals surface area contributed by atoms with Crippen molar-refractivity contribution in [1.82, 2.24) is 0 Å². The third-order valence-electron chi connectivity index (χ3n) is 4.47. The molecule has 0 bridgehead atoms. The van der Waals surface area contributed by atoms with Crippen molar-refractivity contribution in [3.8, 4) is 0 Å². The van der Waals surface area contributed by atoms with Crippen LogP contribution in [0.15, 0.2) is 48.5 Å². The summed E-state index contributed by atoms with van der Waals surface area (Å²) in [5.41, 5.74) is 2.14. The molecule has 1 N–H and O–H groups in total. The van der Waals surface area contributed by atoms with Crippen LogP contribution >= 0.6 is 0 Å². The maximum atomic E-state index is 13.8. The van der Waals surface area contributed by atoms with Crippen molar-refractivity contribution in [3.63, 3.8) is 0 Å². The molecule has 2 nitrogen and oxygen atoms in total. The molecular formula is C19H20FNO. The second kappa shape index (κ2) is 5.91. The van der Waals surface area contributed by atoms with E-state index in [0.717, 1.165) is 25.7 Å². The molecule has 0 aliphatic heterocycles. The minimum Gasteiger partial charge on any atom is -0.375 e. The molecule has 1 aliphatic carbocycles. The van der Waals surface area contributed by atoms with Gasteiger partial charge in [-0.05, 0) is 43.5 Å². The van der Waals surface area contributed by atoms with Gasteiger partial charge in [0.15, 0.2) is 5.78 Å². The first-order chi connectivity index (χ1) is 10.6. The molecule has 0 unspecified atom stereocenters. The Kier molecular flexibility index (Phi) is 3.97. The Balaban J connectivity index is 1.97. The third-order valence-corrected chi connectivity index (χ3v) is 4.47. The fourth-order valence-corrected chi connectivity index (χ4v) is 3.36. The maximum absolute atomic E-state index is 13.8. The Morgan fingerprint density at radius 2 is 1.77 bits per heavy atom. The van der Waals surface area contributed by atoms with E-state index in [4.69, 9.17) is 0 Å². The maximum Gasteiger partial charge on any atom is 0.159 e. The minimum absolute atomic E-state index is 0.122. The second-order valence-corrected chi connectivity index (χ2v) is 6.07. The summed E-state index contributed by atoms with van der Waals surface area (Å²) in [4.78, 5) is 11.5. The number of anilines is 1. The molecule has 0 heterocycles. The summed E-state index contributed by atoms with van der Waals surface area (Å²) < 4.78 is 13.8. The molecule has 0 atom stereocenters. The fourth-order valence-electron chi connectivity index (χ4n) is 3.36. The van der Waals surface area contributed by atoms with Crippen molar-refractivity contribution < 1.29 is 9.18 Å². The summed E-state index contributed by atoms with van der Waals surface area (Å²) in [7, 11) is 0. The van der Waals surface area contributed by atoms with Crippen LogP contribution in [0.2, 0.25) is 0 Å². The van der Waals surface area contributed by atoms with Crippen LogP contribution in [0.5, 0.6) is 0 Å². The molecule has 114 valence electrons. The number of carbonyl (C=O) groups is 1. The first kappa shape index (κ1) is 14.8. The highest BCUT2D eigenvalue weighted by atomic mass is 19.1. The average Bonchev–Trinajstić information content (AvgIpc) is 2.97. The van der Waals surface area contributed by atoms with Crippen LogP contribution in [-0.2, 0) is 5.54 Å². The molecule has 22 heavy (non-hydrogen) atoms. The fraction of sp³-hybridized carbons (Fsp3) is 0.316. The molecule has 0 amide bonds. The molecule has 0 radical (unpaired) electrons. The van der Waals surface area contributed by atoms with Crippen LogP contribution in [0.1, 0.15) is 48.5 Å². The number of ketones is 1. The molecule has 0 aromatic heterocycles. The van der Waals surface area contributed by atoms with E-state index in [1.165, 1.54) is 24.6 Å². The zero-order valence-electron chi connectivity index (χ0n) is 12.7. The summed E-state index contributed by atoms with van der Waals surface area (Å²) >= 11 is 0. The highest BCUT2D eigenvalue weighted by molar-refractivity contribution is 5.95. The van der Waals surface area contributed by atoms with Gasteiger partial charge in [0.05, 0.1) is 5.54 Å². The Labute approximate surface area is 130 Å². The summed E-state index contributed by atoms with van der Waals surface area (Å²) in [6, 6.07) is 14.8. The number of halogens is 1. The van der Waals surface area contributed by atoms with E-state index in [-0.39, 0.29) is 17.1 Å². The Morgan fingerprint density at radius 1 is 1.09 bits per heavy atom. The van der Waals surface area contributed by atoms with Crippen molar-refractivity contribution in [2.24, 2.45) is 0 Å². The Morgan fingerprint density at radius 3 is 2.41 bits per heavy atom. The van der Waals surface area contributed by atoms with Gasteiger partial charge in [0.2, 0.25) is 0 Å². The largest absolute Gasteiger partial charge is 0.375 e. The number of Topliss-reactive ketones (excluding diaryl/α,β-unsaturated/α-hetero) is 1. The van der Waals surface area contributed by atoms with E-state index in [1.54, 1.807) is 6.07 Å². The lowest BCUT2D eigenvalue weighted by Gasteiger charge is -2.32. The zero-order chi connectivity index (χ0) is 15.6. The molecule has 2 aromatic rings. The Bertz CT molecular complexity index is 675. The van der Waals surface area contributed by atoms with Crippen molar-refractivity contribution in [2.75, 3.05) is 5.32 Å². The predicted molar refractivity (Wildman–Crippen MR) is 86.6 cm³/mol. The molecule has 1 aliphatic rings. The quantitative estimate of drug-likeness (QED) is 0.812. The number of hydrogen-bond donors (Lipinski definition) is 1. The molecule has 3 rings (SSSR count). The number of rotatable bonds is 4. The monoisotopic (exact) mass is 297 g/mol. The summed E-state index contributed by atoms with van der Waals surface area (Å²) in [5.74, 6) is -0.501. The third kappa shape index (κ3) is 2.89. The standard InChI is InChI=1S/C19H20FNO/c1-14(22)15-11-17(20)13-18(12-15)21-19(9-5-6-10-19)16-7-3-2-4-8-16/h2-4,7-8,11-13,21H,5-6,9-10H2,1H3. The van der Waals surface area contributed by atoms with Gasteiger partial charge < -0.3 is 5.32 Å². The van der Waals surface area contributed by atoms with Gasteiger partial charge in [-0.2, -0.15) is 0 Å². The van der Waals surface area contributed by atoms with Gasteiger partial charge in [0.1, 0.15) is 5.82 Å². The van der Waals surface area contributed by atoms with Crippen molar-refractivity contribution in [3.05, 3.63) is 65.5 Å². The molecule has 2 aromatic carbocycles. The summed E-state index contributed by atoms with van der Waals surface area (Å²) in [5, 5.41) is 3.51. The lowest BCUT2D eigenvalue weighted by Crippen LogP contribution is -2.32. The molecule has 1 fully saturated rings. The van der Waals surface area contributed by atoms with Crippen LogP contribution in [0.25, 0.3) is 0 Å². The predicted octanol–water partition coefficient (Wildman–Crippen LogP) is 4.91. The number of hydrogen-bond acceptors (Lipinski definition) is 2. The van der Waals surface area contributed by atoms with E-state index < -0.39 is 0 Å². The SMILES string of the molecule is CC(=O)c1cc(F)cc(NC2(c3ccccc3)CCCC2)c1. The summed E-state index contributed by atoms with van der Waals surface area (Å²) in [6.07, 6.45) is 4.33. The van der Waals surface area contributed by atoms with Crippen LogP contribution in [-0.4, -0.2) is 5.78 Å². The lowest BCUT2D eigenvalue weighted by molar-refractivity contribution is 0.101. The topological polar surface area (TPSA) is 29.1 Å². The highest BCUT2D eigenvalue weighted by Crippen LogP contribution is 2.41. The van der Waals surface area contributed by atoms with Crippen molar-refractivity contribution in [1.29, 1.82) is 0 Å². The van der Waals surface area contributed by atoms with Crippen molar-refractivity contribution in [2.45, 2.75) is 38.1 Å². The highest BCUT2D eigenvalue weighted by Gasteiger charge is 2.35. The van der Waals surface area contributed by atoms with Gasteiger partial charge >= 0.3 is 0 Å². The van der Waals surface area contributed by atoms with E-state index in [1.807, 2.05) is 18.2 Å². The molecule has 0 saturated heterocycles. The van der Waals surface area contributed by atoms with E-state index in [0.29, 0.717) is 11.3 Å². The van der Waals surface area contributed by atoms with Gasteiger partial charge in [0, 0.05) is 11.3 Å². The smallest absolute Gasteiger partial charge is 0.159 e. The number of benzene rings is 2. The second-order valence-electron chi connectivity index (χ2n) is 6.07. The van der Waals surface area contributed by atoms with Crippen molar-refractivity contribution >= 4 is 11.5 Å². The van der Waals surface area contributed by atoms with Gasteiger partial charge in [-0.1, -0.05) is 43.2 Å². The Hall–Kier alpha value is -2.16. The molecular weight excluding hydrogens is 277 g/mol. The molecule has 3 heteroatoms. The zero-order valence-corrected chi connectivity index (χ0v) is 12.7. The first-order valence-electron chi connectivity index (χ1n) is 7.74. The summed E-state index contributed by atoms with van der Waals surface area (Å²) in [6.45, 7) is 1.46. The van der Waals surface area contributed by atoms with Gasteiger partial charge in [-0.15, -0.1) is 0 Å². The minimum atomic E-state index is -0.378. The van der Waals surface area contributed by atoms with Gasteiger partial charge in [-0.25, -0.2) is 4.39 Å². The first-order valence-corrected chi connectivity index (χ1v) is 7.74. The molecule has 0 spiro atoms. The lowest BCUT2D eigenvalue weighted by atomic mass is 9.87. The van der Waals surface area contributed by atoms with E-state index in [9.17, 15) is 9.18 Å². The van der Waals surface area contributed by atoms with E-state index in [2.05, 4.69) is 17.4 Å². The van der Waals surface area contributed by atoms with Crippen LogP contribution in [0.3, 0.4) is 0 Å². The normalized spacial score (nSPS) is 16.5. The number of carbonyl (C=O) groups excluding carboxylic acids is 1. The molecule has 1 saturated carbocycles. The van der Waals surface area contributed by atoms with Crippen LogP contribution in [0.4, 0.5) is 10.1 Å². The van der Waals surface area contributed by atoms with E-state index >= 15 is 0 Å². The number of nitrogens with one attached hydrogen (secondary N) is 1. The van der Waals surface area contributed by atoms with Crippen LogP contribution in [0, 0.1) is 5.82 Å². The average molecular weight is 297 g/mol.